The Hall–Kier alpha value is -0.730. The van der Waals surface area contributed by atoms with Gasteiger partial charge in [0.1, 0.15) is 6.61 Å². The Morgan fingerprint density at radius 1 is 1.46 bits per heavy atom. The molecule has 0 bridgehead atoms. The van der Waals surface area contributed by atoms with E-state index in [2.05, 4.69) is 6.92 Å². The third-order valence-electron chi connectivity index (χ3n) is 2.61. The fourth-order valence-corrected chi connectivity index (χ4v) is 1.90. The van der Waals surface area contributed by atoms with E-state index in [1.807, 2.05) is 18.7 Å². The predicted molar refractivity (Wildman–Crippen MR) is 51.6 cm³/mol. The second-order valence-corrected chi connectivity index (χ2v) is 3.55. The van der Waals surface area contributed by atoms with Crippen molar-refractivity contribution in [1.82, 2.24) is 4.90 Å². The maximum absolute atomic E-state index is 11.0. The molecule has 0 aromatic heterocycles. The van der Waals surface area contributed by atoms with Crippen LogP contribution in [0.4, 0.5) is 4.79 Å². The number of amides is 1. The molecule has 2 fully saturated rings. The van der Waals surface area contributed by atoms with Gasteiger partial charge in [0.2, 0.25) is 0 Å². The fraction of sp³-hybridized carbons (Fsp3) is 0.900. The monoisotopic (exact) mass is 185 g/mol. The molecule has 0 spiro atoms. The highest BCUT2D eigenvalue weighted by atomic mass is 16.6. The zero-order valence-electron chi connectivity index (χ0n) is 8.75. The highest BCUT2D eigenvalue weighted by molar-refractivity contribution is 5.70. The van der Waals surface area contributed by atoms with E-state index >= 15 is 0 Å². The van der Waals surface area contributed by atoms with Crippen LogP contribution >= 0.6 is 0 Å². The topological polar surface area (TPSA) is 29.5 Å². The molecule has 0 aromatic carbocycles. The summed E-state index contributed by atoms with van der Waals surface area (Å²) in [5.74, 6) is 0.755. The van der Waals surface area contributed by atoms with Crippen molar-refractivity contribution in [2.24, 2.45) is 5.92 Å². The molecule has 2 rings (SSSR count). The molecule has 3 nitrogen and oxygen atoms in total. The quantitative estimate of drug-likeness (QED) is 0.579. The van der Waals surface area contributed by atoms with Gasteiger partial charge in [0, 0.05) is 6.54 Å². The number of cyclic esters (lactones) is 1. The van der Waals surface area contributed by atoms with Crippen LogP contribution in [0.1, 0.15) is 33.6 Å². The molecular weight excluding hydrogens is 166 g/mol. The van der Waals surface area contributed by atoms with Gasteiger partial charge in [-0.1, -0.05) is 20.8 Å². The first-order valence-corrected chi connectivity index (χ1v) is 5.21. The zero-order chi connectivity index (χ0) is 9.84. The standard InChI is InChI=1S/C8H13NO2.C2H6/c1-6-2-3-9-7(4-6)5-11-8(9)10;1-2/h6-7H,2-5H2,1H3;1-2H3. The molecule has 0 radical (unpaired) electrons. The molecule has 0 aromatic rings. The summed E-state index contributed by atoms with van der Waals surface area (Å²) < 4.78 is 4.94. The summed E-state index contributed by atoms with van der Waals surface area (Å²) in [4.78, 5) is 12.9. The molecule has 13 heavy (non-hydrogen) atoms. The number of rotatable bonds is 0. The Balaban J connectivity index is 0.000000396. The summed E-state index contributed by atoms with van der Waals surface area (Å²) in [6.07, 6.45) is 2.14. The summed E-state index contributed by atoms with van der Waals surface area (Å²) in [7, 11) is 0. The third-order valence-corrected chi connectivity index (χ3v) is 2.61. The van der Waals surface area contributed by atoms with E-state index < -0.39 is 0 Å². The first kappa shape index (κ1) is 10.4. The molecule has 2 unspecified atom stereocenters. The predicted octanol–water partition coefficient (Wildman–Crippen LogP) is 2.26. The Kier molecular flexibility index (Phi) is 3.58. The Morgan fingerprint density at radius 2 is 2.15 bits per heavy atom. The molecule has 2 atom stereocenters. The van der Waals surface area contributed by atoms with Crippen molar-refractivity contribution < 1.29 is 9.53 Å². The van der Waals surface area contributed by atoms with Crippen molar-refractivity contribution in [2.45, 2.75) is 39.7 Å². The average Bonchev–Trinajstić information content (AvgIpc) is 2.51. The van der Waals surface area contributed by atoms with Gasteiger partial charge in [0.05, 0.1) is 6.04 Å². The molecule has 0 N–H and O–H groups in total. The minimum atomic E-state index is -0.109. The smallest absolute Gasteiger partial charge is 0.410 e. The van der Waals surface area contributed by atoms with E-state index in [-0.39, 0.29) is 6.09 Å². The number of carbonyl (C=O) groups is 1. The van der Waals surface area contributed by atoms with Gasteiger partial charge in [-0.3, -0.25) is 0 Å². The van der Waals surface area contributed by atoms with Crippen LogP contribution in [-0.4, -0.2) is 30.2 Å². The lowest BCUT2D eigenvalue weighted by molar-refractivity contribution is 0.148. The summed E-state index contributed by atoms with van der Waals surface area (Å²) in [6, 6.07) is 0.381. The van der Waals surface area contributed by atoms with E-state index in [1.165, 1.54) is 0 Å². The highest BCUT2D eigenvalue weighted by Crippen LogP contribution is 2.26. The summed E-state index contributed by atoms with van der Waals surface area (Å²) in [6.45, 7) is 7.74. The van der Waals surface area contributed by atoms with Crippen LogP contribution in [0.3, 0.4) is 0 Å². The van der Waals surface area contributed by atoms with Crippen LogP contribution in [0.15, 0.2) is 0 Å². The van der Waals surface area contributed by atoms with Crippen LogP contribution in [-0.2, 0) is 4.74 Å². The minimum Gasteiger partial charge on any atom is -0.447 e. The van der Waals surface area contributed by atoms with Gasteiger partial charge in [-0.15, -0.1) is 0 Å². The van der Waals surface area contributed by atoms with Crippen molar-refractivity contribution in [2.75, 3.05) is 13.2 Å². The van der Waals surface area contributed by atoms with Crippen molar-refractivity contribution in [3.63, 3.8) is 0 Å². The SMILES string of the molecule is CC.CC1CCN2C(=O)OCC2C1. The van der Waals surface area contributed by atoms with Crippen LogP contribution in [0.2, 0.25) is 0 Å². The van der Waals surface area contributed by atoms with Crippen molar-refractivity contribution >= 4 is 6.09 Å². The normalized spacial score (nSPS) is 31.6. The molecule has 2 aliphatic rings. The minimum absolute atomic E-state index is 0.109. The number of carbonyl (C=O) groups excluding carboxylic acids is 1. The van der Waals surface area contributed by atoms with E-state index in [9.17, 15) is 4.79 Å². The first-order valence-electron chi connectivity index (χ1n) is 5.21. The maximum atomic E-state index is 11.0. The summed E-state index contributed by atoms with van der Waals surface area (Å²) in [5.41, 5.74) is 0. The summed E-state index contributed by atoms with van der Waals surface area (Å²) >= 11 is 0. The lowest BCUT2D eigenvalue weighted by Crippen LogP contribution is -2.40. The van der Waals surface area contributed by atoms with Gasteiger partial charge in [-0.05, 0) is 18.8 Å². The second-order valence-electron chi connectivity index (χ2n) is 3.55. The van der Waals surface area contributed by atoms with Crippen molar-refractivity contribution in [3.8, 4) is 0 Å². The molecule has 0 aliphatic carbocycles. The van der Waals surface area contributed by atoms with Gasteiger partial charge in [0.25, 0.3) is 0 Å². The molecule has 76 valence electrons. The lowest BCUT2D eigenvalue weighted by Gasteiger charge is -2.30. The van der Waals surface area contributed by atoms with Crippen LogP contribution in [0, 0.1) is 5.92 Å². The molecular formula is C10H19NO2. The third kappa shape index (κ3) is 2.14. The van der Waals surface area contributed by atoms with Crippen molar-refractivity contribution in [1.29, 1.82) is 0 Å². The number of hydrogen-bond acceptors (Lipinski definition) is 2. The number of piperidine rings is 1. The molecule has 2 heterocycles. The molecule has 2 aliphatic heterocycles. The van der Waals surface area contributed by atoms with Gasteiger partial charge >= 0.3 is 6.09 Å². The molecule has 0 saturated carbocycles. The number of nitrogens with zero attached hydrogens (tertiary/aromatic N) is 1. The fourth-order valence-electron chi connectivity index (χ4n) is 1.90. The van der Waals surface area contributed by atoms with Crippen LogP contribution in [0.25, 0.3) is 0 Å². The average molecular weight is 185 g/mol. The van der Waals surface area contributed by atoms with Crippen molar-refractivity contribution in [3.05, 3.63) is 0 Å². The van der Waals surface area contributed by atoms with E-state index in [4.69, 9.17) is 4.74 Å². The molecule has 2 saturated heterocycles. The Bertz CT molecular complexity index is 182. The van der Waals surface area contributed by atoms with Gasteiger partial charge in [-0.2, -0.15) is 0 Å². The highest BCUT2D eigenvalue weighted by Gasteiger charge is 2.36. The van der Waals surface area contributed by atoms with E-state index in [0.717, 1.165) is 25.3 Å². The largest absolute Gasteiger partial charge is 0.447 e. The summed E-state index contributed by atoms with van der Waals surface area (Å²) in [5, 5.41) is 0. The molecule has 3 heteroatoms. The van der Waals surface area contributed by atoms with Gasteiger partial charge in [0.15, 0.2) is 0 Å². The van der Waals surface area contributed by atoms with E-state index in [1.54, 1.807) is 0 Å². The van der Waals surface area contributed by atoms with Gasteiger partial charge < -0.3 is 9.64 Å². The number of ether oxygens (including phenoxy) is 1. The maximum Gasteiger partial charge on any atom is 0.410 e. The van der Waals surface area contributed by atoms with Crippen LogP contribution in [0.5, 0.6) is 0 Å². The van der Waals surface area contributed by atoms with Gasteiger partial charge in [-0.25, -0.2) is 4.79 Å². The van der Waals surface area contributed by atoms with Crippen LogP contribution < -0.4 is 0 Å². The number of fused-ring (bicyclic) bond motifs is 1. The molecule has 1 amide bonds. The second kappa shape index (κ2) is 4.49. The lowest BCUT2D eigenvalue weighted by atomic mass is 9.94. The number of hydrogen-bond donors (Lipinski definition) is 0. The Morgan fingerprint density at radius 3 is 2.85 bits per heavy atom. The Labute approximate surface area is 80.1 Å². The zero-order valence-corrected chi connectivity index (χ0v) is 8.75. The van der Waals surface area contributed by atoms with E-state index in [0.29, 0.717) is 12.6 Å². The first-order chi connectivity index (χ1) is 6.27.